The highest BCUT2D eigenvalue weighted by molar-refractivity contribution is 6.06. The van der Waals surface area contributed by atoms with Gasteiger partial charge in [0.05, 0.1) is 22.7 Å². The van der Waals surface area contributed by atoms with E-state index in [2.05, 4.69) is 29.5 Å². The lowest BCUT2D eigenvalue weighted by molar-refractivity contribution is 0.0941. The first kappa shape index (κ1) is 16.8. The van der Waals surface area contributed by atoms with E-state index in [1.54, 1.807) is 4.68 Å². The fourth-order valence-electron chi connectivity index (χ4n) is 3.66. The second kappa shape index (κ2) is 6.24. The number of aromatic nitrogens is 3. The smallest absolute Gasteiger partial charge is 0.252 e. The molecule has 4 rings (SSSR count). The van der Waals surface area contributed by atoms with Gasteiger partial charge in [-0.1, -0.05) is 24.3 Å². The molecule has 1 saturated carbocycles. The molecular formula is C21H24N4O. The number of aryl methyl sites for hydroxylation is 3. The summed E-state index contributed by atoms with van der Waals surface area (Å²) in [6.45, 7) is 6.03. The van der Waals surface area contributed by atoms with E-state index in [0.29, 0.717) is 11.5 Å². The Morgan fingerprint density at radius 2 is 2.00 bits per heavy atom. The maximum Gasteiger partial charge on any atom is 0.252 e. The summed E-state index contributed by atoms with van der Waals surface area (Å²) in [5, 5.41) is 8.50. The Morgan fingerprint density at radius 3 is 2.69 bits per heavy atom. The minimum absolute atomic E-state index is 0.0618. The molecule has 5 heteroatoms. The van der Waals surface area contributed by atoms with Gasteiger partial charge in [0.15, 0.2) is 5.65 Å². The van der Waals surface area contributed by atoms with Crippen LogP contribution in [0.5, 0.6) is 0 Å². The summed E-state index contributed by atoms with van der Waals surface area (Å²) in [6.07, 6.45) is 2.30. The summed E-state index contributed by atoms with van der Waals surface area (Å²) in [5.41, 5.74) is 5.64. The average Bonchev–Trinajstić information content (AvgIpc) is 3.41. The highest BCUT2D eigenvalue weighted by Gasteiger charge is 2.28. The van der Waals surface area contributed by atoms with Gasteiger partial charge in [0, 0.05) is 18.7 Å². The van der Waals surface area contributed by atoms with Gasteiger partial charge in [0.1, 0.15) is 0 Å². The molecule has 1 aromatic carbocycles. The van der Waals surface area contributed by atoms with Gasteiger partial charge in [0.25, 0.3) is 5.91 Å². The van der Waals surface area contributed by atoms with Crippen molar-refractivity contribution < 1.29 is 4.79 Å². The molecule has 0 bridgehead atoms. The molecular weight excluding hydrogens is 324 g/mol. The first-order valence-electron chi connectivity index (χ1n) is 9.16. The van der Waals surface area contributed by atoms with Crippen LogP contribution in [-0.4, -0.2) is 20.7 Å². The SMILES string of the molecule is Cc1ccccc1C(C)NC(=O)c1cc(C2CC2)nc2c1c(C)nn2C. The molecule has 0 aliphatic heterocycles. The summed E-state index contributed by atoms with van der Waals surface area (Å²) in [5.74, 6) is 0.418. The number of nitrogens with one attached hydrogen (secondary N) is 1. The standard InChI is InChI=1S/C21H24N4O/c1-12-7-5-6-8-16(12)13(2)22-21(26)17-11-18(15-9-10-15)23-20-19(17)14(3)24-25(20)4/h5-8,11,13,15H,9-10H2,1-4H3,(H,22,26). The van der Waals surface area contributed by atoms with Crippen LogP contribution in [0.25, 0.3) is 11.0 Å². The minimum Gasteiger partial charge on any atom is -0.345 e. The van der Waals surface area contributed by atoms with Crippen molar-refractivity contribution in [1.29, 1.82) is 0 Å². The Morgan fingerprint density at radius 1 is 1.27 bits per heavy atom. The van der Waals surface area contributed by atoms with Gasteiger partial charge in [-0.15, -0.1) is 0 Å². The molecule has 0 radical (unpaired) electrons. The summed E-state index contributed by atoms with van der Waals surface area (Å²) in [4.78, 5) is 17.9. The molecule has 1 fully saturated rings. The number of rotatable bonds is 4. The van der Waals surface area contributed by atoms with E-state index in [0.717, 1.165) is 40.8 Å². The molecule has 1 N–H and O–H groups in total. The highest BCUT2D eigenvalue weighted by Crippen LogP contribution is 2.40. The van der Waals surface area contributed by atoms with E-state index >= 15 is 0 Å². The van der Waals surface area contributed by atoms with Gasteiger partial charge in [-0.2, -0.15) is 5.10 Å². The van der Waals surface area contributed by atoms with Gasteiger partial charge in [-0.3, -0.25) is 9.48 Å². The normalized spacial score (nSPS) is 15.2. The quantitative estimate of drug-likeness (QED) is 0.776. The van der Waals surface area contributed by atoms with E-state index < -0.39 is 0 Å². The molecule has 3 aromatic rings. The van der Waals surface area contributed by atoms with E-state index in [1.165, 1.54) is 5.56 Å². The molecule has 5 nitrogen and oxygen atoms in total. The first-order valence-corrected chi connectivity index (χ1v) is 9.16. The highest BCUT2D eigenvalue weighted by atomic mass is 16.1. The van der Waals surface area contributed by atoms with E-state index in [1.807, 2.05) is 39.1 Å². The van der Waals surface area contributed by atoms with Crippen molar-refractivity contribution in [2.45, 2.75) is 45.6 Å². The second-order valence-electron chi connectivity index (χ2n) is 7.33. The summed E-state index contributed by atoms with van der Waals surface area (Å²) < 4.78 is 1.78. The van der Waals surface area contributed by atoms with Gasteiger partial charge in [-0.25, -0.2) is 4.98 Å². The molecule has 0 spiro atoms. The first-order chi connectivity index (χ1) is 12.5. The number of carbonyl (C=O) groups is 1. The van der Waals surface area contributed by atoms with Crippen molar-refractivity contribution >= 4 is 16.9 Å². The number of fused-ring (bicyclic) bond motifs is 1. The van der Waals surface area contributed by atoms with Crippen molar-refractivity contribution in [3.8, 4) is 0 Å². The fourth-order valence-corrected chi connectivity index (χ4v) is 3.66. The maximum absolute atomic E-state index is 13.1. The van der Waals surface area contributed by atoms with Crippen molar-refractivity contribution in [2.75, 3.05) is 0 Å². The van der Waals surface area contributed by atoms with Crippen molar-refractivity contribution in [1.82, 2.24) is 20.1 Å². The largest absolute Gasteiger partial charge is 0.345 e. The lowest BCUT2D eigenvalue weighted by atomic mass is 10.0. The molecule has 0 saturated heterocycles. The third-order valence-electron chi connectivity index (χ3n) is 5.23. The molecule has 1 atom stereocenters. The Labute approximate surface area is 153 Å². The third-order valence-corrected chi connectivity index (χ3v) is 5.23. The summed E-state index contributed by atoms with van der Waals surface area (Å²) >= 11 is 0. The average molecular weight is 348 g/mol. The predicted molar refractivity (Wildman–Crippen MR) is 102 cm³/mol. The molecule has 1 aliphatic carbocycles. The fraction of sp³-hybridized carbons (Fsp3) is 0.381. The molecule has 1 amide bonds. The van der Waals surface area contributed by atoms with Crippen LogP contribution in [-0.2, 0) is 7.05 Å². The monoisotopic (exact) mass is 348 g/mol. The van der Waals surface area contributed by atoms with E-state index in [-0.39, 0.29) is 11.9 Å². The Kier molecular flexibility index (Phi) is 4.02. The van der Waals surface area contributed by atoms with E-state index in [9.17, 15) is 4.79 Å². The Balaban J connectivity index is 1.73. The maximum atomic E-state index is 13.1. The zero-order valence-electron chi connectivity index (χ0n) is 15.7. The molecule has 1 unspecified atom stereocenters. The Bertz CT molecular complexity index is 1000. The number of hydrogen-bond acceptors (Lipinski definition) is 3. The van der Waals surface area contributed by atoms with Crippen LogP contribution in [0.4, 0.5) is 0 Å². The molecule has 2 heterocycles. The predicted octanol–water partition coefficient (Wildman–Crippen LogP) is 3.95. The molecule has 1 aliphatic rings. The number of benzene rings is 1. The van der Waals surface area contributed by atoms with Gasteiger partial charge in [-0.05, 0) is 50.8 Å². The molecule has 26 heavy (non-hydrogen) atoms. The van der Waals surface area contributed by atoms with Crippen LogP contribution >= 0.6 is 0 Å². The van der Waals surface area contributed by atoms with Crippen LogP contribution in [0.2, 0.25) is 0 Å². The van der Waals surface area contributed by atoms with Crippen molar-refractivity contribution in [3.05, 3.63) is 58.4 Å². The third kappa shape index (κ3) is 2.87. The van der Waals surface area contributed by atoms with Crippen LogP contribution in [0.3, 0.4) is 0 Å². The number of amides is 1. The lowest BCUT2D eigenvalue weighted by Gasteiger charge is -2.17. The topological polar surface area (TPSA) is 59.8 Å². The lowest BCUT2D eigenvalue weighted by Crippen LogP contribution is -2.27. The zero-order chi connectivity index (χ0) is 18.4. The molecule has 134 valence electrons. The van der Waals surface area contributed by atoms with Gasteiger partial charge >= 0.3 is 0 Å². The van der Waals surface area contributed by atoms with Crippen molar-refractivity contribution in [3.63, 3.8) is 0 Å². The van der Waals surface area contributed by atoms with Crippen LogP contribution in [0.15, 0.2) is 30.3 Å². The van der Waals surface area contributed by atoms with Gasteiger partial charge in [0.2, 0.25) is 0 Å². The zero-order valence-corrected chi connectivity index (χ0v) is 15.7. The number of nitrogens with zero attached hydrogens (tertiary/aromatic N) is 3. The summed E-state index contributed by atoms with van der Waals surface area (Å²) in [6, 6.07) is 10.1. The number of pyridine rings is 1. The Hall–Kier alpha value is -2.69. The van der Waals surface area contributed by atoms with E-state index in [4.69, 9.17) is 4.98 Å². The minimum atomic E-state index is -0.0637. The van der Waals surface area contributed by atoms with Crippen LogP contribution < -0.4 is 5.32 Å². The van der Waals surface area contributed by atoms with Crippen LogP contribution in [0.1, 0.15) is 64.6 Å². The second-order valence-corrected chi connectivity index (χ2v) is 7.33. The number of carbonyl (C=O) groups excluding carboxylic acids is 1. The molecule has 2 aromatic heterocycles. The van der Waals surface area contributed by atoms with Crippen LogP contribution in [0, 0.1) is 13.8 Å². The van der Waals surface area contributed by atoms with Crippen molar-refractivity contribution in [2.24, 2.45) is 7.05 Å². The number of hydrogen-bond donors (Lipinski definition) is 1. The summed E-state index contributed by atoms with van der Waals surface area (Å²) in [7, 11) is 1.89. The van der Waals surface area contributed by atoms with Gasteiger partial charge < -0.3 is 5.32 Å².